The molecule has 0 amide bonds. The van der Waals surface area contributed by atoms with Crippen LogP contribution in [0.2, 0.25) is 5.02 Å². The molecule has 3 heterocycles. The van der Waals surface area contributed by atoms with Gasteiger partial charge in [-0.1, -0.05) is 11.6 Å². The highest BCUT2D eigenvalue weighted by molar-refractivity contribution is 6.30. The molecule has 2 unspecified atom stereocenters. The van der Waals surface area contributed by atoms with Gasteiger partial charge in [-0.05, 0) is 37.3 Å². The van der Waals surface area contributed by atoms with Crippen molar-refractivity contribution in [3.63, 3.8) is 0 Å². The van der Waals surface area contributed by atoms with Crippen molar-refractivity contribution >= 4 is 23.0 Å². The van der Waals surface area contributed by atoms with Gasteiger partial charge in [0.05, 0.1) is 11.7 Å². The molecule has 2 aromatic heterocycles. The summed E-state index contributed by atoms with van der Waals surface area (Å²) in [6.45, 7) is 2.54. The van der Waals surface area contributed by atoms with Crippen molar-refractivity contribution in [2.24, 2.45) is 0 Å². The number of nitrogens with zero attached hydrogens (tertiary/aromatic N) is 2. The Morgan fingerprint density at radius 2 is 2.12 bits per heavy atom. The zero-order valence-electron chi connectivity index (χ0n) is 17.8. The Bertz CT molecular complexity index is 1220. The van der Waals surface area contributed by atoms with E-state index in [9.17, 15) is 18.7 Å². The Labute approximate surface area is 194 Å². The van der Waals surface area contributed by atoms with E-state index in [1.807, 2.05) is 0 Å². The van der Waals surface area contributed by atoms with E-state index in [4.69, 9.17) is 16.3 Å². The predicted molar refractivity (Wildman–Crippen MR) is 122 cm³/mol. The number of hydrogen-bond donors (Lipinski definition) is 3. The van der Waals surface area contributed by atoms with Crippen LogP contribution in [-0.2, 0) is 13.1 Å². The number of anilines is 2. The molecule has 0 saturated carbocycles. The van der Waals surface area contributed by atoms with Gasteiger partial charge in [-0.25, -0.2) is 8.78 Å². The number of benzene rings is 1. The number of ether oxygens (including phenoxy) is 1. The van der Waals surface area contributed by atoms with Gasteiger partial charge in [0.25, 0.3) is 5.56 Å². The van der Waals surface area contributed by atoms with Gasteiger partial charge in [-0.15, -0.1) is 0 Å². The molecule has 7 nitrogen and oxygen atoms in total. The van der Waals surface area contributed by atoms with Crippen LogP contribution in [-0.4, -0.2) is 33.7 Å². The van der Waals surface area contributed by atoms with Gasteiger partial charge < -0.3 is 20.5 Å². The summed E-state index contributed by atoms with van der Waals surface area (Å²) < 4.78 is 35.3. The van der Waals surface area contributed by atoms with E-state index in [0.29, 0.717) is 24.5 Å². The zero-order chi connectivity index (χ0) is 23.5. The zero-order valence-corrected chi connectivity index (χ0v) is 18.6. The third-order valence-corrected chi connectivity index (χ3v) is 5.44. The first-order valence-corrected chi connectivity index (χ1v) is 10.8. The molecule has 4 rings (SSSR count). The molecule has 1 aliphatic heterocycles. The highest BCUT2D eigenvalue weighted by Gasteiger charge is 2.26. The van der Waals surface area contributed by atoms with Gasteiger partial charge in [-0.3, -0.25) is 14.3 Å². The molecular formula is C23H23ClF2N4O3. The molecule has 3 N–H and O–H groups in total. The second-order valence-corrected chi connectivity index (χ2v) is 8.25. The van der Waals surface area contributed by atoms with Crippen molar-refractivity contribution in [1.82, 2.24) is 14.9 Å². The lowest BCUT2D eigenvalue weighted by Crippen LogP contribution is -2.32. The predicted octanol–water partition coefficient (Wildman–Crippen LogP) is 3.99. The van der Waals surface area contributed by atoms with Crippen molar-refractivity contribution in [2.75, 3.05) is 11.9 Å². The smallest absolute Gasteiger partial charge is 0.261 e. The quantitative estimate of drug-likeness (QED) is 0.478. The molecule has 0 spiro atoms. The largest absolute Gasteiger partial charge is 0.443 e. The fraction of sp³-hybridized carbons (Fsp3) is 0.304. The van der Waals surface area contributed by atoms with E-state index in [1.165, 1.54) is 28.8 Å². The molecule has 174 valence electrons. The number of pyridine rings is 2. The monoisotopic (exact) mass is 476 g/mol. The number of hydrogen-bond acceptors (Lipinski definition) is 6. The summed E-state index contributed by atoms with van der Waals surface area (Å²) in [6.07, 6.45) is 1.14. The fourth-order valence-electron chi connectivity index (χ4n) is 3.63. The van der Waals surface area contributed by atoms with Crippen LogP contribution in [0.1, 0.15) is 18.9 Å². The Morgan fingerprint density at radius 3 is 2.91 bits per heavy atom. The first kappa shape index (κ1) is 23.2. The standard InChI is InChI=1S/C23H23ClF2N4O3/c1-13(31)10-28-12-14-11-27-6-4-19(14)29-20-9-17(16-8-15(24)2-3-18(16)25)22(32)30-7-5-21(26)33-23(20)30/h2-4,6,8-9,11,13,21,28,31H,5,7,10,12H2,1H3,(H,27,29). The molecule has 1 aliphatic rings. The molecule has 10 heteroatoms. The molecule has 33 heavy (non-hydrogen) atoms. The highest BCUT2D eigenvalue weighted by Crippen LogP contribution is 2.36. The van der Waals surface area contributed by atoms with Crippen LogP contribution in [0.3, 0.4) is 0 Å². The van der Waals surface area contributed by atoms with Crippen molar-refractivity contribution in [1.29, 1.82) is 0 Å². The number of aliphatic hydroxyl groups is 1. The van der Waals surface area contributed by atoms with Crippen LogP contribution >= 0.6 is 11.6 Å². The molecular weight excluding hydrogens is 454 g/mol. The molecule has 0 radical (unpaired) electrons. The molecule has 1 aromatic carbocycles. The van der Waals surface area contributed by atoms with E-state index in [2.05, 4.69) is 15.6 Å². The van der Waals surface area contributed by atoms with Crippen molar-refractivity contribution in [3.05, 3.63) is 69.5 Å². The first-order chi connectivity index (χ1) is 15.8. The number of halogens is 3. The summed E-state index contributed by atoms with van der Waals surface area (Å²) in [6, 6.07) is 7.13. The molecule has 0 saturated heterocycles. The van der Waals surface area contributed by atoms with E-state index in [0.717, 1.165) is 5.56 Å². The number of rotatable bonds is 7. The summed E-state index contributed by atoms with van der Waals surface area (Å²) in [5.41, 5.74) is 1.32. The Hall–Kier alpha value is -3.01. The van der Waals surface area contributed by atoms with Crippen LogP contribution < -0.4 is 20.9 Å². The maximum atomic E-state index is 14.6. The topological polar surface area (TPSA) is 88.4 Å². The summed E-state index contributed by atoms with van der Waals surface area (Å²) >= 11 is 6.05. The molecule has 0 bridgehead atoms. The van der Waals surface area contributed by atoms with Crippen LogP contribution in [0.5, 0.6) is 5.88 Å². The highest BCUT2D eigenvalue weighted by atomic mass is 35.5. The van der Waals surface area contributed by atoms with Crippen molar-refractivity contribution in [2.45, 2.75) is 38.9 Å². The van der Waals surface area contributed by atoms with Gasteiger partial charge in [0.1, 0.15) is 11.5 Å². The lowest BCUT2D eigenvalue weighted by Gasteiger charge is -2.26. The lowest BCUT2D eigenvalue weighted by atomic mass is 10.1. The third-order valence-electron chi connectivity index (χ3n) is 5.21. The van der Waals surface area contributed by atoms with E-state index in [-0.39, 0.29) is 35.0 Å². The maximum Gasteiger partial charge on any atom is 0.261 e. The molecule has 2 atom stereocenters. The summed E-state index contributed by atoms with van der Waals surface area (Å²) in [5.74, 6) is -0.570. The van der Waals surface area contributed by atoms with Gasteiger partial charge in [0.15, 0.2) is 0 Å². The number of fused-ring (bicyclic) bond motifs is 1. The van der Waals surface area contributed by atoms with E-state index >= 15 is 0 Å². The van der Waals surface area contributed by atoms with Gasteiger partial charge in [-0.2, -0.15) is 0 Å². The average molecular weight is 477 g/mol. The summed E-state index contributed by atoms with van der Waals surface area (Å²) in [7, 11) is 0. The van der Waals surface area contributed by atoms with Gasteiger partial charge >= 0.3 is 0 Å². The lowest BCUT2D eigenvalue weighted by molar-refractivity contribution is 0.0255. The Morgan fingerprint density at radius 1 is 1.30 bits per heavy atom. The maximum absolute atomic E-state index is 14.6. The van der Waals surface area contributed by atoms with Gasteiger partial charge in [0, 0.05) is 60.3 Å². The SMILES string of the molecule is CC(O)CNCc1cnccc1Nc1cc(-c2cc(Cl)ccc2F)c(=O)n2c1OC(F)CC2. The van der Waals surface area contributed by atoms with Gasteiger partial charge in [0.2, 0.25) is 12.2 Å². The number of aliphatic hydroxyl groups excluding tert-OH is 1. The average Bonchev–Trinajstić information content (AvgIpc) is 2.78. The number of alkyl halides is 1. The minimum absolute atomic E-state index is 0.00238. The minimum atomic E-state index is -1.57. The van der Waals surface area contributed by atoms with Crippen LogP contribution in [0.4, 0.5) is 20.2 Å². The van der Waals surface area contributed by atoms with E-state index < -0.39 is 23.8 Å². The number of nitrogens with one attached hydrogen (secondary N) is 2. The molecule has 0 fully saturated rings. The Kier molecular flexibility index (Phi) is 6.92. The fourth-order valence-corrected chi connectivity index (χ4v) is 3.80. The first-order valence-electron chi connectivity index (χ1n) is 10.5. The van der Waals surface area contributed by atoms with Crippen molar-refractivity contribution in [3.8, 4) is 17.0 Å². The summed E-state index contributed by atoms with van der Waals surface area (Å²) in [4.78, 5) is 17.3. The van der Waals surface area contributed by atoms with Crippen LogP contribution in [0.25, 0.3) is 11.1 Å². The molecule has 3 aromatic rings. The molecule has 0 aliphatic carbocycles. The van der Waals surface area contributed by atoms with Crippen LogP contribution in [0.15, 0.2) is 47.5 Å². The van der Waals surface area contributed by atoms with Crippen molar-refractivity contribution < 1.29 is 18.6 Å². The second kappa shape index (κ2) is 9.86. The normalized spacial score (nSPS) is 16.1. The third kappa shape index (κ3) is 5.16. The Balaban J connectivity index is 1.79. The minimum Gasteiger partial charge on any atom is -0.443 e. The van der Waals surface area contributed by atoms with E-state index in [1.54, 1.807) is 25.4 Å². The second-order valence-electron chi connectivity index (χ2n) is 7.81. The van der Waals surface area contributed by atoms with Crippen LogP contribution in [0, 0.1) is 5.82 Å². The summed E-state index contributed by atoms with van der Waals surface area (Å²) in [5, 5.41) is 16.1. The number of aromatic nitrogens is 2.